The van der Waals surface area contributed by atoms with Gasteiger partial charge in [0.25, 0.3) is 0 Å². The van der Waals surface area contributed by atoms with E-state index in [0.29, 0.717) is 17.0 Å². The monoisotopic (exact) mass is 276 g/mol. The second-order valence-corrected chi connectivity index (χ2v) is 4.87. The zero-order chi connectivity index (χ0) is 13.2. The van der Waals surface area contributed by atoms with Crippen molar-refractivity contribution in [2.45, 2.75) is 6.04 Å². The molecule has 0 bridgehead atoms. The van der Waals surface area contributed by atoms with Crippen molar-refractivity contribution in [2.75, 3.05) is 29.9 Å². The number of halogens is 1. The zero-order valence-corrected chi connectivity index (χ0v) is 11.2. The molecular formula is C12H13ClN6. The van der Waals surface area contributed by atoms with Gasteiger partial charge in [0, 0.05) is 32.5 Å². The van der Waals surface area contributed by atoms with E-state index in [2.05, 4.69) is 29.7 Å². The number of likely N-dealkylation sites (N-methyl/N-ethyl adjacent to an activating group) is 1. The summed E-state index contributed by atoms with van der Waals surface area (Å²) in [4.78, 5) is 21.0. The van der Waals surface area contributed by atoms with Crippen LogP contribution in [-0.2, 0) is 0 Å². The van der Waals surface area contributed by atoms with Crippen molar-refractivity contribution in [3.63, 3.8) is 0 Å². The van der Waals surface area contributed by atoms with E-state index in [-0.39, 0.29) is 0 Å². The highest BCUT2D eigenvalue weighted by molar-refractivity contribution is 6.30. The van der Waals surface area contributed by atoms with E-state index in [0.717, 1.165) is 18.9 Å². The van der Waals surface area contributed by atoms with E-state index in [1.54, 1.807) is 31.0 Å². The van der Waals surface area contributed by atoms with Crippen molar-refractivity contribution in [3.05, 3.63) is 36.0 Å². The molecule has 0 aromatic carbocycles. The molecule has 0 radical (unpaired) electrons. The lowest BCUT2D eigenvalue weighted by Crippen LogP contribution is -2.59. The molecule has 0 amide bonds. The van der Waals surface area contributed by atoms with Crippen LogP contribution in [0, 0.1) is 0 Å². The molecule has 1 aliphatic heterocycles. The summed E-state index contributed by atoms with van der Waals surface area (Å²) in [5.74, 6) is 1.59. The highest BCUT2D eigenvalue weighted by atomic mass is 35.5. The van der Waals surface area contributed by atoms with Crippen molar-refractivity contribution in [1.82, 2.24) is 19.9 Å². The van der Waals surface area contributed by atoms with Crippen LogP contribution in [0.25, 0.3) is 0 Å². The van der Waals surface area contributed by atoms with E-state index >= 15 is 0 Å². The van der Waals surface area contributed by atoms with Crippen molar-refractivity contribution < 1.29 is 0 Å². The lowest BCUT2D eigenvalue weighted by molar-refractivity contribution is 0.486. The van der Waals surface area contributed by atoms with Crippen LogP contribution in [0.3, 0.4) is 0 Å². The van der Waals surface area contributed by atoms with Gasteiger partial charge in [-0.25, -0.2) is 15.0 Å². The Morgan fingerprint density at radius 3 is 2.53 bits per heavy atom. The van der Waals surface area contributed by atoms with Crippen molar-refractivity contribution in [2.24, 2.45) is 0 Å². The van der Waals surface area contributed by atoms with Gasteiger partial charge in [-0.3, -0.25) is 4.98 Å². The molecule has 0 aliphatic carbocycles. The lowest BCUT2D eigenvalue weighted by Gasteiger charge is -2.44. The third-order valence-electron chi connectivity index (χ3n) is 3.21. The minimum Gasteiger partial charge on any atom is -0.351 e. The molecule has 1 saturated heterocycles. The predicted molar refractivity (Wildman–Crippen MR) is 73.5 cm³/mol. The van der Waals surface area contributed by atoms with Crippen molar-refractivity contribution in [3.8, 4) is 0 Å². The fraction of sp³-hybridized carbons (Fsp3) is 0.333. The smallest absolute Gasteiger partial charge is 0.225 e. The molecule has 3 heterocycles. The van der Waals surface area contributed by atoms with Gasteiger partial charge < -0.3 is 9.80 Å². The molecule has 6 nitrogen and oxygen atoms in total. The molecule has 0 N–H and O–H groups in total. The molecule has 0 atom stereocenters. The minimum atomic E-state index is 0.378. The van der Waals surface area contributed by atoms with Gasteiger partial charge in [0.05, 0.1) is 29.7 Å². The first-order chi connectivity index (χ1) is 9.24. The second kappa shape index (κ2) is 4.97. The number of nitrogens with zero attached hydrogens (tertiary/aromatic N) is 6. The third kappa shape index (κ3) is 2.44. The molecule has 3 rings (SSSR count). The molecule has 0 saturated carbocycles. The molecule has 0 spiro atoms. The van der Waals surface area contributed by atoms with Crippen LogP contribution < -0.4 is 9.80 Å². The van der Waals surface area contributed by atoms with Gasteiger partial charge in [0.1, 0.15) is 5.82 Å². The quantitative estimate of drug-likeness (QED) is 0.841. The maximum atomic E-state index is 5.78. The van der Waals surface area contributed by atoms with Gasteiger partial charge in [-0.2, -0.15) is 0 Å². The Hall–Kier alpha value is -1.95. The van der Waals surface area contributed by atoms with E-state index in [4.69, 9.17) is 11.6 Å². The Labute approximate surface area is 116 Å². The fourth-order valence-electron chi connectivity index (χ4n) is 1.99. The molecule has 19 heavy (non-hydrogen) atoms. The summed E-state index contributed by atoms with van der Waals surface area (Å²) in [7, 11) is 1.99. The maximum Gasteiger partial charge on any atom is 0.225 e. The normalized spacial score (nSPS) is 15.2. The average molecular weight is 277 g/mol. The number of aromatic nitrogens is 4. The molecule has 2 aromatic heterocycles. The Bertz CT molecular complexity index is 540. The van der Waals surface area contributed by atoms with Gasteiger partial charge in [-0.05, 0) is 0 Å². The molecule has 1 aliphatic rings. The predicted octanol–water partition coefficient (Wildman–Crippen LogP) is 1.24. The van der Waals surface area contributed by atoms with Crippen LogP contribution in [0.15, 0.2) is 31.0 Å². The Balaban J connectivity index is 1.63. The van der Waals surface area contributed by atoms with Crippen molar-refractivity contribution >= 4 is 23.4 Å². The summed E-state index contributed by atoms with van der Waals surface area (Å²) in [5, 5.41) is 0.548. The summed E-state index contributed by atoms with van der Waals surface area (Å²) in [6, 6.07) is 0.378. The van der Waals surface area contributed by atoms with Crippen LogP contribution in [0.4, 0.5) is 11.8 Å². The Morgan fingerprint density at radius 2 is 1.89 bits per heavy atom. The van der Waals surface area contributed by atoms with Gasteiger partial charge >= 0.3 is 0 Å². The van der Waals surface area contributed by atoms with Crippen molar-refractivity contribution in [1.29, 1.82) is 0 Å². The largest absolute Gasteiger partial charge is 0.351 e. The SMILES string of the molecule is CN(c1ncc(Cl)cn1)C1CN(c2cnccn2)C1. The number of rotatable bonds is 3. The summed E-state index contributed by atoms with van der Waals surface area (Å²) in [6.45, 7) is 1.78. The third-order valence-corrected chi connectivity index (χ3v) is 3.40. The molecule has 7 heteroatoms. The van der Waals surface area contributed by atoms with Gasteiger partial charge in [0.15, 0.2) is 0 Å². The summed E-state index contributed by atoms with van der Waals surface area (Å²) >= 11 is 5.78. The maximum absolute atomic E-state index is 5.78. The second-order valence-electron chi connectivity index (χ2n) is 4.43. The first kappa shape index (κ1) is 12.1. The summed E-state index contributed by atoms with van der Waals surface area (Å²) in [5.41, 5.74) is 0. The fourth-order valence-corrected chi connectivity index (χ4v) is 2.09. The molecular weight excluding hydrogens is 264 g/mol. The van der Waals surface area contributed by atoms with E-state index in [1.165, 1.54) is 0 Å². The average Bonchev–Trinajstić information content (AvgIpc) is 2.39. The van der Waals surface area contributed by atoms with E-state index in [9.17, 15) is 0 Å². The minimum absolute atomic E-state index is 0.378. The highest BCUT2D eigenvalue weighted by Crippen LogP contribution is 2.22. The van der Waals surface area contributed by atoms with Crippen LogP contribution in [0.1, 0.15) is 0 Å². The highest BCUT2D eigenvalue weighted by Gasteiger charge is 2.32. The lowest BCUT2D eigenvalue weighted by atomic mass is 10.1. The first-order valence-corrected chi connectivity index (χ1v) is 6.33. The van der Waals surface area contributed by atoms with Crippen LogP contribution in [-0.4, -0.2) is 46.1 Å². The number of hydrogen-bond donors (Lipinski definition) is 0. The van der Waals surface area contributed by atoms with Crippen LogP contribution in [0.5, 0.6) is 0 Å². The standard InChI is InChI=1S/C12H13ClN6/c1-18(12-16-4-9(13)5-17-12)10-7-19(8-10)11-6-14-2-3-15-11/h2-6,10H,7-8H2,1H3. The topological polar surface area (TPSA) is 58.0 Å². The van der Waals surface area contributed by atoms with Crippen LogP contribution >= 0.6 is 11.6 Å². The van der Waals surface area contributed by atoms with E-state index in [1.807, 2.05) is 7.05 Å². The van der Waals surface area contributed by atoms with Gasteiger partial charge in [0.2, 0.25) is 5.95 Å². The Morgan fingerprint density at radius 1 is 1.16 bits per heavy atom. The van der Waals surface area contributed by atoms with Crippen LogP contribution in [0.2, 0.25) is 5.02 Å². The number of hydrogen-bond acceptors (Lipinski definition) is 6. The van der Waals surface area contributed by atoms with Gasteiger partial charge in [-0.15, -0.1) is 0 Å². The summed E-state index contributed by atoms with van der Waals surface area (Å²) < 4.78 is 0. The Kier molecular flexibility index (Phi) is 3.16. The summed E-state index contributed by atoms with van der Waals surface area (Å²) in [6.07, 6.45) is 8.37. The van der Waals surface area contributed by atoms with E-state index < -0.39 is 0 Å². The zero-order valence-electron chi connectivity index (χ0n) is 10.4. The molecule has 98 valence electrons. The molecule has 0 unspecified atom stereocenters. The first-order valence-electron chi connectivity index (χ1n) is 5.95. The molecule has 2 aromatic rings. The molecule has 1 fully saturated rings. The van der Waals surface area contributed by atoms with Gasteiger partial charge in [-0.1, -0.05) is 11.6 Å². The number of anilines is 2.